The quantitative estimate of drug-likeness (QED) is 0.227. The lowest BCUT2D eigenvalue weighted by Crippen LogP contribution is -2.37. The summed E-state index contributed by atoms with van der Waals surface area (Å²) in [4.78, 5) is 15.9. The van der Waals surface area contributed by atoms with E-state index in [0.29, 0.717) is 18.0 Å². The maximum atomic E-state index is 11.3. The molecule has 7 heteroatoms. The third-order valence-electron chi connectivity index (χ3n) is 3.41. The first-order valence-corrected chi connectivity index (χ1v) is 8.57. The van der Waals surface area contributed by atoms with Gasteiger partial charge in [0.1, 0.15) is 5.75 Å². The predicted molar refractivity (Wildman–Crippen MR) is 115 cm³/mol. The number of nitrogens with one attached hydrogen (secondary N) is 3. The molecule has 0 aromatic heterocycles. The molecular formula is C18H31IN4O2. The summed E-state index contributed by atoms with van der Waals surface area (Å²) < 4.78 is 5.27. The molecule has 0 aliphatic rings. The van der Waals surface area contributed by atoms with Crippen molar-refractivity contribution in [1.82, 2.24) is 10.6 Å². The fourth-order valence-corrected chi connectivity index (χ4v) is 2.23. The molecule has 0 radical (unpaired) electrons. The summed E-state index contributed by atoms with van der Waals surface area (Å²) in [5, 5.41) is 9.37. The Hall–Kier alpha value is -1.51. The van der Waals surface area contributed by atoms with Crippen molar-refractivity contribution in [1.29, 1.82) is 0 Å². The Balaban J connectivity index is 0.00000576. The van der Waals surface area contributed by atoms with Gasteiger partial charge in [0, 0.05) is 20.0 Å². The van der Waals surface area contributed by atoms with Gasteiger partial charge in [-0.05, 0) is 31.0 Å². The molecule has 0 aliphatic heterocycles. The van der Waals surface area contributed by atoms with Crippen LogP contribution in [0.15, 0.2) is 23.2 Å². The molecular weight excluding hydrogens is 431 g/mol. The van der Waals surface area contributed by atoms with Crippen LogP contribution in [0.1, 0.15) is 45.6 Å². The van der Waals surface area contributed by atoms with Crippen LogP contribution in [0.4, 0.5) is 5.69 Å². The molecule has 1 rings (SSSR count). The molecule has 6 nitrogen and oxygen atoms in total. The number of benzene rings is 1. The Labute approximate surface area is 168 Å². The summed E-state index contributed by atoms with van der Waals surface area (Å²) in [6.45, 7) is 7.98. The van der Waals surface area contributed by atoms with Crippen molar-refractivity contribution < 1.29 is 9.53 Å². The molecule has 1 aromatic rings. The zero-order chi connectivity index (χ0) is 17.8. The van der Waals surface area contributed by atoms with Crippen molar-refractivity contribution in [3.05, 3.63) is 23.8 Å². The van der Waals surface area contributed by atoms with Crippen molar-refractivity contribution in [2.45, 2.75) is 46.6 Å². The Bertz CT molecular complexity index is 550. The summed E-state index contributed by atoms with van der Waals surface area (Å²) in [5.74, 6) is 1.33. The lowest BCUT2D eigenvalue weighted by molar-refractivity contribution is -0.114. The highest BCUT2D eigenvalue weighted by Crippen LogP contribution is 2.25. The minimum Gasteiger partial charge on any atom is -0.495 e. The number of nitrogens with zero attached hydrogens (tertiary/aromatic N) is 1. The predicted octanol–water partition coefficient (Wildman–Crippen LogP) is 3.52. The molecule has 0 aliphatic carbocycles. The number of unbranched alkanes of at least 4 members (excludes halogenated alkanes) is 2. The van der Waals surface area contributed by atoms with Gasteiger partial charge in [-0.2, -0.15) is 0 Å². The summed E-state index contributed by atoms with van der Waals surface area (Å²) in [5.41, 5.74) is 1.67. The summed E-state index contributed by atoms with van der Waals surface area (Å²) >= 11 is 0. The van der Waals surface area contributed by atoms with Crippen LogP contribution in [0.2, 0.25) is 0 Å². The summed E-state index contributed by atoms with van der Waals surface area (Å²) in [6, 6.07) is 5.69. The molecule has 1 amide bonds. The smallest absolute Gasteiger partial charge is 0.221 e. The molecule has 1 aromatic carbocycles. The van der Waals surface area contributed by atoms with Gasteiger partial charge in [0.05, 0.1) is 19.3 Å². The molecule has 142 valence electrons. The first kappa shape index (κ1) is 23.5. The number of aliphatic imine (C=N–C) groups is 1. The van der Waals surface area contributed by atoms with Crippen LogP contribution in [0, 0.1) is 0 Å². The highest BCUT2D eigenvalue weighted by molar-refractivity contribution is 14.0. The van der Waals surface area contributed by atoms with Crippen LogP contribution in [0.3, 0.4) is 0 Å². The molecule has 0 saturated carbocycles. The third-order valence-corrected chi connectivity index (χ3v) is 3.41. The molecule has 0 heterocycles. The SMILES string of the molecule is CCCCCNC(=NCc1ccc(OC)c(NC(C)=O)c1)NCC.I. The molecule has 3 N–H and O–H groups in total. The van der Waals surface area contributed by atoms with Crippen LogP contribution >= 0.6 is 24.0 Å². The Kier molecular flexibility index (Phi) is 12.9. The second-order valence-corrected chi connectivity index (χ2v) is 5.54. The van der Waals surface area contributed by atoms with Gasteiger partial charge in [0.25, 0.3) is 0 Å². The van der Waals surface area contributed by atoms with Crippen molar-refractivity contribution in [3.8, 4) is 5.75 Å². The first-order chi connectivity index (χ1) is 11.6. The van der Waals surface area contributed by atoms with Gasteiger partial charge in [-0.3, -0.25) is 4.79 Å². The first-order valence-electron chi connectivity index (χ1n) is 8.57. The second-order valence-electron chi connectivity index (χ2n) is 5.54. The van der Waals surface area contributed by atoms with E-state index in [1.807, 2.05) is 25.1 Å². The summed E-state index contributed by atoms with van der Waals surface area (Å²) in [6.07, 6.45) is 3.55. The van der Waals surface area contributed by atoms with E-state index in [4.69, 9.17) is 4.74 Å². The normalized spacial score (nSPS) is 10.6. The van der Waals surface area contributed by atoms with E-state index in [-0.39, 0.29) is 29.9 Å². The van der Waals surface area contributed by atoms with E-state index in [9.17, 15) is 4.79 Å². The molecule has 25 heavy (non-hydrogen) atoms. The van der Waals surface area contributed by atoms with Gasteiger partial charge in [-0.15, -0.1) is 24.0 Å². The lowest BCUT2D eigenvalue weighted by Gasteiger charge is -2.12. The van der Waals surface area contributed by atoms with Crippen LogP contribution < -0.4 is 20.7 Å². The Morgan fingerprint density at radius 2 is 1.96 bits per heavy atom. The average molecular weight is 462 g/mol. The van der Waals surface area contributed by atoms with E-state index in [1.165, 1.54) is 19.8 Å². The molecule has 0 saturated heterocycles. The third kappa shape index (κ3) is 9.52. The maximum Gasteiger partial charge on any atom is 0.221 e. The largest absolute Gasteiger partial charge is 0.495 e. The lowest BCUT2D eigenvalue weighted by atomic mass is 10.2. The number of rotatable bonds is 9. The average Bonchev–Trinajstić information content (AvgIpc) is 2.56. The molecule has 0 atom stereocenters. The Morgan fingerprint density at radius 3 is 2.56 bits per heavy atom. The Morgan fingerprint density at radius 1 is 1.20 bits per heavy atom. The van der Waals surface area contributed by atoms with Crippen LogP contribution in [-0.2, 0) is 11.3 Å². The number of anilines is 1. The van der Waals surface area contributed by atoms with Crippen LogP contribution in [-0.4, -0.2) is 32.1 Å². The van der Waals surface area contributed by atoms with Gasteiger partial charge in [0.15, 0.2) is 5.96 Å². The number of halogens is 1. The number of guanidine groups is 1. The van der Waals surface area contributed by atoms with E-state index >= 15 is 0 Å². The fraction of sp³-hybridized carbons (Fsp3) is 0.556. The number of ether oxygens (including phenoxy) is 1. The standard InChI is InChI=1S/C18H30N4O2.HI/c1-5-7-8-11-20-18(19-6-2)21-13-15-9-10-17(24-4)16(12-15)22-14(3)23;/h9-10,12H,5-8,11,13H2,1-4H3,(H,22,23)(H2,19,20,21);1H. The number of amides is 1. The van der Waals surface area contributed by atoms with Gasteiger partial charge in [-0.25, -0.2) is 4.99 Å². The zero-order valence-corrected chi connectivity index (χ0v) is 18.0. The highest BCUT2D eigenvalue weighted by Gasteiger charge is 2.06. The minimum absolute atomic E-state index is 0. The molecule has 0 fully saturated rings. The van der Waals surface area contributed by atoms with Crippen molar-refractivity contribution >= 4 is 41.5 Å². The van der Waals surface area contributed by atoms with Crippen molar-refractivity contribution in [2.24, 2.45) is 4.99 Å². The minimum atomic E-state index is -0.125. The van der Waals surface area contributed by atoms with Gasteiger partial charge in [-0.1, -0.05) is 25.8 Å². The van der Waals surface area contributed by atoms with Crippen LogP contribution in [0.25, 0.3) is 0 Å². The van der Waals surface area contributed by atoms with Crippen molar-refractivity contribution in [2.75, 3.05) is 25.5 Å². The zero-order valence-electron chi connectivity index (χ0n) is 15.6. The summed E-state index contributed by atoms with van der Waals surface area (Å²) in [7, 11) is 1.59. The topological polar surface area (TPSA) is 74.8 Å². The molecule has 0 unspecified atom stereocenters. The number of methoxy groups -OCH3 is 1. The molecule has 0 spiro atoms. The van der Waals surface area contributed by atoms with Gasteiger partial charge >= 0.3 is 0 Å². The van der Waals surface area contributed by atoms with E-state index < -0.39 is 0 Å². The highest BCUT2D eigenvalue weighted by atomic mass is 127. The number of hydrogen-bond donors (Lipinski definition) is 3. The van der Waals surface area contributed by atoms with E-state index in [2.05, 4.69) is 27.9 Å². The number of hydrogen-bond acceptors (Lipinski definition) is 3. The maximum absolute atomic E-state index is 11.3. The monoisotopic (exact) mass is 462 g/mol. The fourth-order valence-electron chi connectivity index (χ4n) is 2.23. The van der Waals surface area contributed by atoms with Gasteiger partial charge < -0.3 is 20.7 Å². The molecule has 0 bridgehead atoms. The second kappa shape index (κ2) is 13.7. The number of carbonyl (C=O) groups excluding carboxylic acids is 1. The van der Waals surface area contributed by atoms with E-state index in [0.717, 1.165) is 31.0 Å². The van der Waals surface area contributed by atoms with E-state index in [1.54, 1.807) is 7.11 Å². The van der Waals surface area contributed by atoms with Crippen LogP contribution in [0.5, 0.6) is 5.75 Å². The van der Waals surface area contributed by atoms with Gasteiger partial charge in [0.2, 0.25) is 5.91 Å². The number of carbonyl (C=O) groups is 1. The van der Waals surface area contributed by atoms with Crippen molar-refractivity contribution in [3.63, 3.8) is 0 Å².